The lowest BCUT2D eigenvalue weighted by Gasteiger charge is -2.11. The first-order valence-electron chi connectivity index (χ1n) is 5.79. The Morgan fingerprint density at radius 2 is 2.40 bits per heavy atom. The predicted molar refractivity (Wildman–Crippen MR) is 62.1 cm³/mol. The highest BCUT2D eigenvalue weighted by Crippen LogP contribution is 2.00. The fourth-order valence-corrected chi connectivity index (χ4v) is 1.45. The summed E-state index contributed by atoms with van der Waals surface area (Å²) in [6, 6.07) is 0.279. The Bertz CT molecular complexity index is 238. The largest absolute Gasteiger partial charge is 0.373 e. The van der Waals surface area contributed by atoms with Gasteiger partial charge in [-0.05, 0) is 19.8 Å². The van der Waals surface area contributed by atoms with Gasteiger partial charge in [0.1, 0.15) is 0 Å². The standard InChI is InChI=1S/C11H21N3O/c1-3-9(2)14-11(15)6-8-13-10-5-4-7-12-10/h9H,3-8H2,1-2H3,(H,12,13)(H,14,15). The van der Waals surface area contributed by atoms with E-state index in [4.69, 9.17) is 0 Å². The number of hydrogen-bond acceptors (Lipinski definition) is 3. The molecule has 0 radical (unpaired) electrons. The summed E-state index contributed by atoms with van der Waals surface area (Å²) >= 11 is 0. The zero-order valence-electron chi connectivity index (χ0n) is 9.68. The molecule has 1 heterocycles. The fraction of sp³-hybridized carbons (Fsp3) is 0.818. The smallest absolute Gasteiger partial charge is 0.221 e. The highest BCUT2D eigenvalue weighted by atomic mass is 16.1. The number of amides is 1. The van der Waals surface area contributed by atoms with Gasteiger partial charge in [-0.15, -0.1) is 0 Å². The maximum absolute atomic E-state index is 11.4. The molecule has 1 amide bonds. The molecule has 1 aliphatic heterocycles. The molecule has 0 saturated carbocycles. The topological polar surface area (TPSA) is 53.5 Å². The second kappa shape index (κ2) is 6.43. The van der Waals surface area contributed by atoms with Crippen molar-refractivity contribution in [1.29, 1.82) is 0 Å². The molecule has 15 heavy (non-hydrogen) atoms. The van der Waals surface area contributed by atoms with Crippen molar-refractivity contribution in [3.05, 3.63) is 0 Å². The van der Waals surface area contributed by atoms with Crippen LogP contribution in [0.2, 0.25) is 0 Å². The molecular formula is C11H21N3O. The number of carbonyl (C=O) groups excluding carboxylic acids is 1. The molecule has 0 spiro atoms. The van der Waals surface area contributed by atoms with E-state index in [2.05, 4.69) is 22.5 Å². The van der Waals surface area contributed by atoms with Crippen molar-refractivity contribution in [2.45, 2.75) is 45.6 Å². The lowest BCUT2D eigenvalue weighted by atomic mass is 10.2. The fourth-order valence-electron chi connectivity index (χ4n) is 1.45. The molecule has 0 aromatic heterocycles. The van der Waals surface area contributed by atoms with Crippen molar-refractivity contribution in [2.75, 3.05) is 13.1 Å². The van der Waals surface area contributed by atoms with Gasteiger partial charge in [0.25, 0.3) is 0 Å². The van der Waals surface area contributed by atoms with E-state index in [0.717, 1.165) is 31.6 Å². The minimum absolute atomic E-state index is 0.121. The van der Waals surface area contributed by atoms with Crippen LogP contribution in [0.25, 0.3) is 0 Å². The molecule has 1 atom stereocenters. The van der Waals surface area contributed by atoms with Crippen LogP contribution in [0.1, 0.15) is 39.5 Å². The van der Waals surface area contributed by atoms with Gasteiger partial charge in [-0.2, -0.15) is 0 Å². The first-order chi connectivity index (χ1) is 7.22. The minimum atomic E-state index is 0.121. The number of aliphatic imine (C=N–C) groups is 1. The van der Waals surface area contributed by atoms with Gasteiger partial charge in [-0.25, -0.2) is 0 Å². The van der Waals surface area contributed by atoms with E-state index in [1.54, 1.807) is 0 Å². The summed E-state index contributed by atoms with van der Waals surface area (Å²) < 4.78 is 0. The Morgan fingerprint density at radius 3 is 3.00 bits per heavy atom. The third-order valence-electron chi connectivity index (χ3n) is 2.58. The third-order valence-corrected chi connectivity index (χ3v) is 2.58. The summed E-state index contributed by atoms with van der Waals surface area (Å²) in [5, 5.41) is 6.13. The van der Waals surface area contributed by atoms with Crippen LogP contribution in [0.15, 0.2) is 4.99 Å². The second-order valence-electron chi connectivity index (χ2n) is 3.99. The molecule has 0 aliphatic carbocycles. The quantitative estimate of drug-likeness (QED) is 0.715. The first-order valence-corrected chi connectivity index (χ1v) is 5.79. The van der Waals surface area contributed by atoms with Crippen molar-refractivity contribution in [3.8, 4) is 0 Å². The Hall–Kier alpha value is -1.06. The molecule has 0 saturated heterocycles. The molecule has 1 unspecified atom stereocenters. The number of carbonyl (C=O) groups is 1. The number of nitrogens with one attached hydrogen (secondary N) is 2. The van der Waals surface area contributed by atoms with Crippen molar-refractivity contribution in [1.82, 2.24) is 10.6 Å². The highest BCUT2D eigenvalue weighted by Gasteiger charge is 2.07. The highest BCUT2D eigenvalue weighted by molar-refractivity contribution is 5.84. The summed E-state index contributed by atoms with van der Waals surface area (Å²) in [5.74, 6) is 1.18. The lowest BCUT2D eigenvalue weighted by molar-refractivity contribution is -0.121. The molecule has 0 fully saturated rings. The molecule has 4 heteroatoms. The molecule has 0 aromatic rings. The van der Waals surface area contributed by atoms with Crippen LogP contribution in [0.5, 0.6) is 0 Å². The lowest BCUT2D eigenvalue weighted by Crippen LogP contribution is -2.34. The summed E-state index contributed by atoms with van der Waals surface area (Å²) in [7, 11) is 0. The summed E-state index contributed by atoms with van der Waals surface area (Å²) in [5.41, 5.74) is 0. The molecular weight excluding hydrogens is 190 g/mol. The van der Waals surface area contributed by atoms with Gasteiger partial charge in [-0.3, -0.25) is 9.79 Å². The van der Waals surface area contributed by atoms with Gasteiger partial charge in [0.05, 0.1) is 5.84 Å². The van der Waals surface area contributed by atoms with E-state index in [0.29, 0.717) is 13.0 Å². The first kappa shape index (κ1) is 12.0. The second-order valence-corrected chi connectivity index (χ2v) is 3.99. The Labute approximate surface area is 91.5 Å². The zero-order chi connectivity index (χ0) is 11.1. The van der Waals surface area contributed by atoms with E-state index in [9.17, 15) is 4.79 Å². The number of nitrogens with zero attached hydrogens (tertiary/aromatic N) is 1. The van der Waals surface area contributed by atoms with Crippen molar-refractivity contribution in [2.24, 2.45) is 4.99 Å². The summed E-state index contributed by atoms with van der Waals surface area (Å²) in [6.45, 7) is 5.71. The molecule has 1 aliphatic rings. The average Bonchev–Trinajstić information content (AvgIpc) is 2.70. The molecule has 2 N–H and O–H groups in total. The zero-order valence-corrected chi connectivity index (χ0v) is 9.68. The maximum atomic E-state index is 11.4. The maximum Gasteiger partial charge on any atom is 0.221 e. The van der Waals surface area contributed by atoms with Crippen LogP contribution in [0, 0.1) is 0 Å². The van der Waals surface area contributed by atoms with Crippen LogP contribution < -0.4 is 10.6 Å². The molecule has 0 bridgehead atoms. The summed E-state index contributed by atoms with van der Waals surface area (Å²) in [6.07, 6.45) is 3.68. The van der Waals surface area contributed by atoms with Crippen molar-refractivity contribution in [3.63, 3.8) is 0 Å². The van der Waals surface area contributed by atoms with E-state index in [1.165, 1.54) is 0 Å². The van der Waals surface area contributed by atoms with Crippen molar-refractivity contribution >= 4 is 11.7 Å². The third kappa shape index (κ3) is 4.81. The molecule has 0 aromatic carbocycles. The van der Waals surface area contributed by atoms with Gasteiger partial charge in [0.15, 0.2) is 0 Å². The number of amidine groups is 1. The van der Waals surface area contributed by atoms with Gasteiger partial charge >= 0.3 is 0 Å². The van der Waals surface area contributed by atoms with Gasteiger partial charge in [0, 0.05) is 32.0 Å². The van der Waals surface area contributed by atoms with E-state index < -0.39 is 0 Å². The molecule has 1 rings (SSSR count). The molecule has 4 nitrogen and oxygen atoms in total. The van der Waals surface area contributed by atoms with Crippen LogP contribution in [-0.4, -0.2) is 30.9 Å². The van der Waals surface area contributed by atoms with E-state index in [1.807, 2.05) is 6.92 Å². The number of rotatable bonds is 5. The monoisotopic (exact) mass is 211 g/mol. The Kier molecular flexibility index (Phi) is 5.15. The summed E-state index contributed by atoms with van der Waals surface area (Å²) in [4.78, 5) is 15.7. The van der Waals surface area contributed by atoms with Gasteiger partial charge in [-0.1, -0.05) is 6.92 Å². The van der Waals surface area contributed by atoms with Crippen LogP contribution in [0.3, 0.4) is 0 Å². The minimum Gasteiger partial charge on any atom is -0.373 e. The van der Waals surface area contributed by atoms with Gasteiger partial charge in [0.2, 0.25) is 5.91 Å². The average molecular weight is 211 g/mol. The normalized spacial score (nSPS) is 17.1. The van der Waals surface area contributed by atoms with E-state index in [-0.39, 0.29) is 11.9 Å². The Balaban J connectivity index is 2.06. The van der Waals surface area contributed by atoms with Crippen molar-refractivity contribution < 1.29 is 4.79 Å². The SMILES string of the molecule is CCC(C)NC(=O)CCNC1=NCCC1. The van der Waals surface area contributed by atoms with E-state index >= 15 is 0 Å². The molecule has 86 valence electrons. The van der Waals surface area contributed by atoms with Crippen LogP contribution in [-0.2, 0) is 4.79 Å². The predicted octanol–water partition coefficient (Wildman–Crippen LogP) is 1.07. The Morgan fingerprint density at radius 1 is 1.60 bits per heavy atom. The number of hydrogen-bond donors (Lipinski definition) is 2. The van der Waals surface area contributed by atoms with Crippen LogP contribution in [0.4, 0.5) is 0 Å². The van der Waals surface area contributed by atoms with Gasteiger partial charge < -0.3 is 10.6 Å². The van der Waals surface area contributed by atoms with Crippen LogP contribution >= 0.6 is 0 Å².